The number of rotatable bonds is 5. The lowest BCUT2D eigenvalue weighted by atomic mass is 10.2. The third-order valence-corrected chi connectivity index (χ3v) is 3.22. The zero-order chi connectivity index (χ0) is 15.2. The summed E-state index contributed by atoms with van der Waals surface area (Å²) in [6.07, 6.45) is 0.0975. The lowest BCUT2D eigenvalue weighted by molar-refractivity contribution is -0.115. The monoisotopic (exact) mass is 354 g/mol. The molecule has 110 valence electrons. The first-order valence-electron chi connectivity index (χ1n) is 6.29. The Morgan fingerprint density at radius 2 is 1.76 bits per heavy atom. The van der Waals surface area contributed by atoms with Crippen LogP contribution in [-0.4, -0.2) is 12.5 Å². The maximum atomic E-state index is 13.4. The number of nitrogens with one attached hydrogen (secondary N) is 2. The van der Waals surface area contributed by atoms with Gasteiger partial charge in [0.25, 0.3) is 0 Å². The summed E-state index contributed by atoms with van der Waals surface area (Å²) in [7, 11) is 0. The number of hydrogen-bond acceptors (Lipinski definition) is 2. The minimum atomic E-state index is -0.678. The lowest BCUT2D eigenvalue weighted by Crippen LogP contribution is -2.17. The van der Waals surface area contributed by atoms with Gasteiger partial charge in [-0.25, -0.2) is 8.78 Å². The number of halogens is 3. The summed E-state index contributed by atoms with van der Waals surface area (Å²) in [6, 6.07) is 10.8. The van der Waals surface area contributed by atoms with E-state index in [1.807, 2.05) is 6.07 Å². The van der Waals surface area contributed by atoms with Crippen LogP contribution < -0.4 is 10.6 Å². The molecule has 3 nitrogen and oxygen atoms in total. The largest absolute Gasteiger partial charge is 0.380 e. The van der Waals surface area contributed by atoms with E-state index < -0.39 is 11.6 Å². The highest BCUT2D eigenvalue weighted by molar-refractivity contribution is 9.10. The molecule has 2 rings (SSSR count). The first-order valence-corrected chi connectivity index (χ1v) is 7.09. The van der Waals surface area contributed by atoms with E-state index in [2.05, 4.69) is 26.6 Å². The molecular weight excluding hydrogens is 342 g/mol. The fourth-order valence-corrected chi connectivity index (χ4v) is 2.16. The van der Waals surface area contributed by atoms with E-state index >= 15 is 0 Å². The average Bonchev–Trinajstić information content (AvgIpc) is 2.42. The number of carbonyl (C=O) groups is 1. The van der Waals surface area contributed by atoms with Crippen LogP contribution in [0, 0.1) is 11.6 Å². The minimum absolute atomic E-state index is 0.0975. The van der Waals surface area contributed by atoms with E-state index in [1.54, 1.807) is 18.2 Å². The Morgan fingerprint density at radius 3 is 2.43 bits per heavy atom. The molecule has 2 aromatic rings. The van der Waals surface area contributed by atoms with Gasteiger partial charge in [0.15, 0.2) is 0 Å². The standard InChI is InChI=1S/C15H13BrF2N2O/c16-10-3-1-4-11(9-10)20-14(21)7-8-19-15-12(17)5-2-6-13(15)18/h1-6,9,19H,7-8H2,(H,20,21). The first-order chi connectivity index (χ1) is 10.1. The Morgan fingerprint density at radius 1 is 1.10 bits per heavy atom. The van der Waals surface area contributed by atoms with Crippen molar-refractivity contribution in [2.45, 2.75) is 6.42 Å². The fourth-order valence-electron chi connectivity index (χ4n) is 1.76. The second-order valence-electron chi connectivity index (χ2n) is 4.33. The van der Waals surface area contributed by atoms with Crippen molar-refractivity contribution >= 4 is 33.2 Å². The summed E-state index contributed by atoms with van der Waals surface area (Å²) in [5.41, 5.74) is 0.444. The summed E-state index contributed by atoms with van der Waals surface area (Å²) in [5, 5.41) is 5.29. The zero-order valence-corrected chi connectivity index (χ0v) is 12.6. The van der Waals surface area contributed by atoms with Gasteiger partial charge in [0.2, 0.25) is 5.91 Å². The van der Waals surface area contributed by atoms with E-state index in [-0.39, 0.29) is 24.6 Å². The highest BCUT2D eigenvalue weighted by Gasteiger charge is 2.08. The second kappa shape index (κ2) is 7.17. The van der Waals surface area contributed by atoms with Crippen molar-refractivity contribution < 1.29 is 13.6 Å². The predicted molar refractivity (Wildman–Crippen MR) is 82.2 cm³/mol. The third kappa shape index (κ3) is 4.53. The Bertz CT molecular complexity index is 629. The van der Waals surface area contributed by atoms with Crippen molar-refractivity contribution in [2.24, 2.45) is 0 Å². The topological polar surface area (TPSA) is 41.1 Å². The van der Waals surface area contributed by atoms with Crippen LogP contribution in [0.3, 0.4) is 0 Å². The van der Waals surface area contributed by atoms with Crippen LogP contribution in [0.4, 0.5) is 20.2 Å². The Labute approximate surface area is 129 Å². The molecule has 2 N–H and O–H groups in total. The highest BCUT2D eigenvalue weighted by Crippen LogP contribution is 2.18. The van der Waals surface area contributed by atoms with Crippen molar-refractivity contribution in [3.63, 3.8) is 0 Å². The molecule has 0 bridgehead atoms. The zero-order valence-electron chi connectivity index (χ0n) is 11.0. The van der Waals surface area contributed by atoms with Crippen LogP contribution in [0.15, 0.2) is 46.9 Å². The summed E-state index contributed by atoms with van der Waals surface area (Å²) in [4.78, 5) is 11.7. The molecule has 2 aromatic carbocycles. The van der Waals surface area contributed by atoms with Crippen LogP contribution in [0.25, 0.3) is 0 Å². The van der Waals surface area contributed by atoms with Gasteiger partial charge in [0.05, 0.1) is 0 Å². The molecule has 0 atom stereocenters. The smallest absolute Gasteiger partial charge is 0.226 e. The van der Waals surface area contributed by atoms with E-state index in [0.717, 1.165) is 16.6 Å². The van der Waals surface area contributed by atoms with Crippen molar-refractivity contribution in [3.05, 3.63) is 58.6 Å². The van der Waals surface area contributed by atoms with Crippen molar-refractivity contribution in [1.82, 2.24) is 0 Å². The third-order valence-electron chi connectivity index (χ3n) is 2.72. The van der Waals surface area contributed by atoms with Crippen molar-refractivity contribution in [3.8, 4) is 0 Å². The second-order valence-corrected chi connectivity index (χ2v) is 5.25. The number of carbonyl (C=O) groups excluding carboxylic acids is 1. The molecule has 0 heterocycles. The lowest BCUT2D eigenvalue weighted by Gasteiger charge is -2.09. The molecule has 1 amide bonds. The van der Waals surface area contributed by atoms with E-state index in [0.29, 0.717) is 5.69 Å². The molecule has 0 spiro atoms. The van der Waals surface area contributed by atoms with Crippen LogP contribution in [0.1, 0.15) is 6.42 Å². The molecule has 0 saturated heterocycles. The van der Waals surface area contributed by atoms with Gasteiger partial charge in [0.1, 0.15) is 17.3 Å². The van der Waals surface area contributed by atoms with Gasteiger partial charge in [-0.3, -0.25) is 4.79 Å². The average molecular weight is 355 g/mol. The van der Waals surface area contributed by atoms with Gasteiger partial charge >= 0.3 is 0 Å². The molecule has 0 aromatic heterocycles. The molecule has 0 saturated carbocycles. The number of para-hydroxylation sites is 1. The van der Waals surface area contributed by atoms with Gasteiger partial charge in [-0.2, -0.15) is 0 Å². The van der Waals surface area contributed by atoms with Gasteiger partial charge < -0.3 is 10.6 Å². The van der Waals surface area contributed by atoms with E-state index in [1.165, 1.54) is 6.07 Å². The molecule has 21 heavy (non-hydrogen) atoms. The SMILES string of the molecule is O=C(CCNc1c(F)cccc1F)Nc1cccc(Br)c1. The number of benzene rings is 2. The van der Waals surface area contributed by atoms with Crippen LogP contribution >= 0.6 is 15.9 Å². The maximum absolute atomic E-state index is 13.4. The van der Waals surface area contributed by atoms with Gasteiger partial charge in [0, 0.05) is 23.1 Å². The molecule has 0 unspecified atom stereocenters. The van der Waals surface area contributed by atoms with Crippen LogP contribution in [0.5, 0.6) is 0 Å². The maximum Gasteiger partial charge on any atom is 0.226 e. The van der Waals surface area contributed by atoms with Crippen LogP contribution in [0.2, 0.25) is 0 Å². The molecule has 0 fully saturated rings. The Kier molecular flexibility index (Phi) is 5.27. The number of hydrogen-bond donors (Lipinski definition) is 2. The molecular formula is C15H13BrF2N2O. The number of amides is 1. The molecule has 0 radical (unpaired) electrons. The van der Waals surface area contributed by atoms with E-state index in [9.17, 15) is 13.6 Å². The molecule has 0 aliphatic rings. The summed E-state index contributed by atoms with van der Waals surface area (Å²) in [5.74, 6) is -1.60. The molecule has 0 aliphatic heterocycles. The quantitative estimate of drug-likeness (QED) is 0.845. The number of anilines is 2. The fraction of sp³-hybridized carbons (Fsp3) is 0.133. The van der Waals surface area contributed by atoms with Crippen molar-refractivity contribution in [1.29, 1.82) is 0 Å². The summed E-state index contributed by atoms with van der Waals surface area (Å²) >= 11 is 3.30. The Balaban J connectivity index is 1.85. The normalized spacial score (nSPS) is 10.2. The van der Waals surface area contributed by atoms with Gasteiger partial charge in [-0.15, -0.1) is 0 Å². The van der Waals surface area contributed by atoms with Crippen LogP contribution in [-0.2, 0) is 4.79 Å². The molecule has 0 aliphatic carbocycles. The van der Waals surface area contributed by atoms with Gasteiger partial charge in [-0.1, -0.05) is 28.1 Å². The molecule has 6 heteroatoms. The summed E-state index contributed by atoms with van der Waals surface area (Å²) in [6.45, 7) is 0.137. The van der Waals surface area contributed by atoms with Crippen molar-refractivity contribution in [2.75, 3.05) is 17.2 Å². The summed E-state index contributed by atoms with van der Waals surface area (Å²) < 4.78 is 27.6. The highest BCUT2D eigenvalue weighted by atomic mass is 79.9. The van der Waals surface area contributed by atoms with Gasteiger partial charge in [-0.05, 0) is 30.3 Å². The first kappa shape index (κ1) is 15.4. The Hall–Kier alpha value is -1.95. The van der Waals surface area contributed by atoms with E-state index in [4.69, 9.17) is 0 Å². The minimum Gasteiger partial charge on any atom is -0.380 e. The predicted octanol–water partition coefficient (Wildman–Crippen LogP) is 4.17.